The number of piperidine rings is 1. The van der Waals surface area contributed by atoms with Crippen LogP contribution in [0.5, 0.6) is 0 Å². The zero-order valence-corrected chi connectivity index (χ0v) is 14.5. The molecule has 0 radical (unpaired) electrons. The van der Waals surface area contributed by atoms with E-state index in [1.807, 2.05) is 25.7 Å². The Labute approximate surface area is 136 Å². The number of rotatable bonds is 3. The molecule has 3 rings (SSSR count). The van der Waals surface area contributed by atoms with Gasteiger partial charge in [0.05, 0.1) is 0 Å². The van der Waals surface area contributed by atoms with Crippen molar-refractivity contribution in [2.75, 3.05) is 13.1 Å². The van der Waals surface area contributed by atoms with Crippen LogP contribution in [0.15, 0.2) is 16.8 Å². The first-order chi connectivity index (χ1) is 10.4. The van der Waals surface area contributed by atoms with Crippen molar-refractivity contribution in [3.63, 3.8) is 0 Å². The summed E-state index contributed by atoms with van der Waals surface area (Å²) in [7, 11) is 0. The predicted octanol–water partition coefficient (Wildman–Crippen LogP) is 3.63. The van der Waals surface area contributed by atoms with E-state index in [0.29, 0.717) is 11.5 Å². The fraction of sp³-hybridized carbons (Fsp3) is 0.706. The first kappa shape index (κ1) is 15.8. The maximum absolute atomic E-state index is 12.1. The molecule has 0 aromatic carbocycles. The molecular formula is C17H26N2O2S. The van der Waals surface area contributed by atoms with E-state index in [-0.39, 0.29) is 6.09 Å². The van der Waals surface area contributed by atoms with Gasteiger partial charge < -0.3 is 15.0 Å². The molecule has 1 amide bonds. The van der Waals surface area contributed by atoms with Crippen LogP contribution in [0.2, 0.25) is 0 Å². The third-order valence-electron chi connectivity index (χ3n) is 4.73. The van der Waals surface area contributed by atoms with Gasteiger partial charge in [0.1, 0.15) is 5.60 Å². The van der Waals surface area contributed by atoms with E-state index < -0.39 is 5.60 Å². The second-order valence-corrected chi connectivity index (χ2v) is 8.38. The van der Waals surface area contributed by atoms with E-state index in [9.17, 15) is 4.79 Å². The zero-order valence-electron chi connectivity index (χ0n) is 13.7. The van der Waals surface area contributed by atoms with Crippen molar-refractivity contribution in [1.82, 2.24) is 10.2 Å². The maximum atomic E-state index is 12.1. The molecule has 1 saturated heterocycles. The highest BCUT2D eigenvalue weighted by Crippen LogP contribution is 2.54. The van der Waals surface area contributed by atoms with Crippen LogP contribution in [0.3, 0.4) is 0 Å². The van der Waals surface area contributed by atoms with Gasteiger partial charge in [0.2, 0.25) is 0 Å². The Bertz CT molecular complexity index is 513. The fourth-order valence-corrected chi connectivity index (χ4v) is 3.95. The van der Waals surface area contributed by atoms with Crippen molar-refractivity contribution in [3.05, 3.63) is 22.4 Å². The summed E-state index contributed by atoms with van der Waals surface area (Å²) in [6.45, 7) is 8.37. The summed E-state index contributed by atoms with van der Waals surface area (Å²) >= 11 is 1.75. The molecule has 0 bridgehead atoms. The smallest absolute Gasteiger partial charge is 0.410 e. The highest BCUT2D eigenvalue weighted by molar-refractivity contribution is 7.07. The van der Waals surface area contributed by atoms with Crippen molar-refractivity contribution < 1.29 is 9.53 Å². The molecule has 4 nitrogen and oxygen atoms in total. The molecule has 1 aromatic rings. The standard InChI is InChI=1S/C17H26N2O2S/c1-16(2,3)21-15(20)19-7-5-17(6-8-19)10-14(17)18-11-13-4-9-22-12-13/h4,9,12,14,18H,5-8,10-11H2,1-3H3. The van der Waals surface area contributed by atoms with E-state index in [0.717, 1.165) is 32.5 Å². The molecule has 22 heavy (non-hydrogen) atoms. The van der Waals surface area contributed by atoms with E-state index in [1.165, 1.54) is 12.0 Å². The minimum absolute atomic E-state index is 0.161. The number of nitrogens with one attached hydrogen (secondary N) is 1. The first-order valence-corrected chi connectivity index (χ1v) is 9.05. The van der Waals surface area contributed by atoms with Crippen LogP contribution in [-0.2, 0) is 11.3 Å². The average Bonchev–Trinajstić information content (AvgIpc) is 2.86. The van der Waals surface area contributed by atoms with Gasteiger partial charge in [-0.05, 0) is 67.8 Å². The molecule has 1 aliphatic carbocycles. The molecule has 1 spiro atoms. The molecule has 1 atom stereocenters. The number of hydrogen-bond acceptors (Lipinski definition) is 4. The predicted molar refractivity (Wildman–Crippen MR) is 89.0 cm³/mol. The lowest BCUT2D eigenvalue weighted by Gasteiger charge is -2.34. The zero-order chi connectivity index (χ0) is 15.8. The SMILES string of the molecule is CC(C)(C)OC(=O)N1CCC2(CC1)CC2NCc1ccsc1. The summed E-state index contributed by atoms with van der Waals surface area (Å²) < 4.78 is 5.46. The molecule has 2 heterocycles. The van der Waals surface area contributed by atoms with Gasteiger partial charge in [0.15, 0.2) is 0 Å². The molecule has 1 aliphatic heterocycles. The number of carbonyl (C=O) groups excluding carboxylic acids is 1. The van der Waals surface area contributed by atoms with Crippen LogP contribution < -0.4 is 5.32 Å². The summed E-state index contributed by atoms with van der Waals surface area (Å²) in [5.74, 6) is 0. The normalized spacial score (nSPS) is 23.6. The largest absolute Gasteiger partial charge is 0.444 e. The van der Waals surface area contributed by atoms with Crippen molar-refractivity contribution >= 4 is 17.4 Å². The molecule has 1 N–H and O–H groups in total. The molecule has 5 heteroatoms. The van der Waals surface area contributed by atoms with Crippen LogP contribution in [-0.4, -0.2) is 35.7 Å². The van der Waals surface area contributed by atoms with Gasteiger partial charge in [-0.3, -0.25) is 0 Å². The van der Waals surface area contributed by atoms with Crippen LogP contribution in [0.4, 0.5) is 4.79 Å². The fourth-order valence-electron chi connectivity index (χ4n) is 3.28. The van der Waals surface area contributed by atoms with E-state index in [1.54, 1.807) is 11.3 Å². The molecule has 1 saturated carbocycles. The van der Waals surface area contributed by atoms with Crippen LogP contribution in [0, 0.1) is 5.41 Å². The summed E-state index contributed by atoms with van der Waals surface area (Å²) in [6, 6.07) is 2.80. The molecule has 2 fully saturated rings. The Hall–Kier alpha value is -1.07. The van der Waals surface area contributed by atoms with Crippen LogP contribution in [0.1, 0.15) is 45.6 Å². The van der Waals surface area contributed by atoms with Crippen molar-refractivity contribution in [1.29, 1.82) is 0 Å². The number of amides is 1. The van der Waals surface area contributed by atoms with Gasteiger partial charge in [-0.15, -0.1) is 0 Å². The lowest BCUT2D eigenvalue weighted by Crippen LogP contribution is -2.43. The molecule has 2 aliphatic rings. The highest BCUT2D eigenvalue weighted by atomic mass is 32.1. The quantitative estimate of drug-likeness (QED) is 0.924. The summed E-state index contributed by atoms with van der Waals surface area (Å²) in [6.07, 6.45) is 3.27. The number of carbonyl (C=O) groups is 1. The molecular weight excluding hydrogens is 296 g/mol. The van der Waals surface area contributed by atoms with Crippen LogP contribution >= 0.6 is 11.3 Å². The van der Waals surface area contributed by atoms with Gasteiger partial charge in [0.25, 0.3) is 0 Å². The Morgan fingerprint density at radius 2 is 2.18 bits per heavy atom. The van der Waals surface area contributed by atoms with E-state index in [2.05, 4.69) is 22.1 Å². The number of hydrogen-bond donors (Lipinski definition) is 1. The van der Waals surface area contributed by atoms with E-state index >= 15 is 0 Å². The second-order valence-electron chi connectivity index (χ2n) is 7.60. The number of likely N-dealkylation sites (tertiary alicyclic amines) is 1. The van der Waals surface area contributed by atoms with Crippen molar-refractivity contribution in [3.8, 4) is 0 Å². The number of nitrogens with zero attached hydrogens (tertiary/aromatic N) is 1. The Morgan fingerprint density at radius 3 is 2.77 bits per heavy atom. The highest BCUT2D eigenvalue weighted by Gasteiger charge is 2.55. The second kappa shape index (κ2) is 5.85. The van der Waals surface area contributed by atoms with E-state index in [4.69, 9.17) is 4.74 Å². The van der Waals surface area contributed by atoms with Gasteiger partial charge in [0, 0.05) is 25.7 Å². The first-order valence-electron chi connectivity index (χ1n) is 8.10. The van der Waals surface area contributed by atoms with Crippen molar-refractivity contribution in [2.45, 2.75) is 58.2 Å². The average molecular weight is 322 g/mol. The lowest BCUT2D eigenvalue weighted by atomic mass is 9.93. The van der Waals surface area contributed by atoms with Crippen LogP contribution in [0.25, 0.3) is 0 Å². The Balaban J connectivity index is 1.43. The third-order valence-corrected chi connectivity index (χ3v) is 5.47. The number of thiophene rings is 1. The maximum Gasteiger partial charge on any atom is 0.410 e. The monoisotopic (exact) mass is 322 g/mol. The van der Waals surface area contributed by atoms with Gasteiger partial charge >= 0.3 is 6.09 Å². The third kappa shape index (κ3) is 3.63. The van der Waals surface area contributed by atoms with Gasteiger partial charge in [-0.25, -0.2) is 4.79 Å². The summed E-state index contributed by atoms with van der Waals surface area (Å²) in [4.78, 5) is 14.0. The summed E-state index contributed by atoms with van der Waals surface area (Å²) in [5, 5.41) is 8.00. The lowest BCUT2D eigenvalue weighted by molar-refractivity contribution is 0.0168. The molecule has 1 aromatic heterocycles. The molecule has 1 unspecified atom stereocenters. The minimum Gasteiger partial charge on any atom is -0.444 e. The Kier molecular flexibility index (Phi) is 4.21. The minimum atomic E-state index is -0.406. The van der Waals surface area contributed by atoms with Crippen molar-refractivity contribution in [2.24, 2.45) is 5.41 Å². The summed E-state index contributed by atoms with van der Waals surface area (Å²) in [5.41, 5.74) is 1.39. The van der Waals surface area contributed by atoms with Gasteiger partial charge in [-0.2, -0.15) is 11.3 Å². The number of ether oxygens (including phenoxy) is 1. The molecule has 122 valence electrons. The van der Waals surface area contributed by atoms with Gasteiger partial charge in [-0.1, -0.05) is 0 Å². The Morgan fingerprint density at radius 1 is 1.45 bits per heavy atom. The topological polar surface area (TPSA) is 41.6 Å².